The first kappa shape index (κ1) is 23.4. The van der Waals surface area contributed by atoms with E-state index in [0.29, 0.717) is 29.5 Å². The number of hydrogen-bond acceptors (Lipinski definition) is 6. The first-order chi connectivity index (χ1) is 16.7. The average Bonchev–Trinajstić information content (AvgIpc) is 2.89. The number of methoxy groups -OCH3 is 1. The molecule has 1 aliphatic heterocycles. The van der Waals surface area contributed by atoms with E-state index in [2.05, 4.69) is 25.5 Å². The van der Waals surface area contributed by atoms with Crippen LogP contribution >= 0.6 is 0 Å². The largest absolute Gasteiger partial charge is 0.495 e. The van der Waals surface area contributed by atoms with E-state index >= 15 is 0 Å². The van der Waals surface area contributed by atoms with Gasteiger partial charge in [0.15, 0.2) is 0 Å². The molecule has 0 radical (unpaired) electrons. The molecule has 1 aromatic heterocycles. The Morgan fingerprint density at radius 3 is 2.50 bits per heavy atom. The van der Waals surface area contributed by atoms with Crippen molar-refractivity contribution in [2.45, 2.75) is 13.1 Å². The fourth-order valence-corrected chi connectivity index (χ4v) is 3.60. The van der Waals surface area contributed by atoms with E-state index in [1.54, 1.807) is 19.5 Å². The molecule has 0 atom stereocenters. The van der Waals surface area contributed by atoms with Gasteiger partial charge < -0.3 is 14.8 Å². The van der Waals surface area contributed by atoms with Crippen LogP contribution in [-0.2, 0) is 17.8 Å². The smallest absolute Gasteiger partial charge is 0.257 e. The van der Waals surface area contributed by atoms with Crippen molar-refractivity contribution >= 4 is 17.6 Å². The minimum absolute atomic E-state index is 0.242. The zero-order valence-corrected chi connectivity index (χ0v) is 19.2. The first-order valence-corrected chi connectivity index (χ1v) is 11.2. The van der Waals surface area contributed by atoms with Gasteiger partial charge in [0.1, 0.15) is 5.75 Å². The zero-order chi connectivity index (χ0) is 23.6. The van der Waals surface area contributed by atoms with Crippen LogP contribution < -0.4 is 15.4 Å². The van der Waals surface area contributed by atoms with E-state index in [1.807, 2.05) is 60.7 Å². The second kappa shape index (κ2) is 11.9. The van der Waals surface area contributed by atoms with Gasteiger partial charge in [-0.05, 0) is 47.5 Å². The van der Waals surface area contributed by atoms with Crippen LogP contribution in [0, 0.1) is 0 Å². The standard InChI is InChI=1S/C26H29N5O3/c1-33-24-5-3-2-4-23(24)29-26(28-18-20-10-12-27-13-11-20)30-25(32)22-8-6-21(7-9-22)19-31-14-16-34-17-15-31/h2-13H,14-19H2,1H3,(H2,28,29,30,32). The summed E-state index contributed by atoms with van der Waals surface area (Å²) in [5.74, 6) is 0.748. The number of benzene rings is 2. The van der Waals surface area contributed by atoms with Gasteiger partial charge in [0, 0.05) is 37.6 Å². The first-order valence-electron chi connectivity index (χ1n) is 11.2. The number of aliphatic imine (C=N–C) groups is 1. The van der Waals surface area contributed by atoms with Gasteiger partial charge in [-0.3, -0.25) is 20.0 Å². The van der Waals surface area contributed by atoms with Crippen molar-refractivity contribution < 1.29 is 14.3 Å². The summed E-state index contributed by atoms with van der Waals surface area (Å²) in [5, 5.41) is 6.10. The number of amides is 1. The third-order valence-electron chi connectivity index (χ3n) is 5.49. The Bertz CT molecular complexity index is 1100. The Labute approximate surface area is 199 Å². The molecule has 8 heteroatoms. The quantitative estimate of drug-likeness (QED) is 0.416. The Morgan fingerprint density at radius 2 is 1.76 bits per heavy atom. The van der Waals surface area contributed by atoms with Crippen LogP contribution in [-0.4, -0.2) is 55.2 Å². The Balaban J connectivity index is 1.46. The van der Waals surface area contributed by atoms with Crippen molar-refractivity contribution in [3.8, 4) is 5.75 Å². The maximum absolute atomic E-state index is 13.0. The lowest BCUT2D eigenvalue weighted by atomic mass is 10.1. The summed E-state index contributed by atoms with van der Waals surface area (Å²) in [4.78, 5) is 24.0. The number of rotatable bonds is 7. The second-order valence-electron chi connectivity index (χ2n) is 7.89. The van der Waals surface area contributed by atoms with Gasteiger partial charge in [0.05, 0.1) is 32.6 Å². The molecule has 0 bridgehead atoms. The highest BCUT2D eigenvalue weighted by atomic mass is 16.5. The van der Waals surface area contributed by atoms with Gasteiger partial charge in [-0.25, -0.2) is 4.99 Å². The normalized spacial score (nSPS) is 14.4. The van der Waals surface area contributed by atoms with Crippen LogP contribution in [0.2, 0.25) is 0 Å². The van der Waals surface area contributed by atoms with Crippen LogP contribution in [0.3, 0.4) is 0 Å². The van der Waals surface area contributed by atoms with Crippen LogP contribution in [0.15, 0.2) is 78.0 Å². The van der Waals surface area contributed by atoms with E-state index in [-0.39, 0.29) is 5.91 Å². The van der Waals surface area contributed by atoms with Crippen LogP contribution in [0.25, 0.3) is 0 Å². The molecule has 4 rings (SSSR count). The van der Waals surface area contributed by atoms with Gasteiger partial charge in [0.2, 0.25) is 5.96 Å². The van der Waals surface area contributed by atoms with Crippen molar-refractivity contribution in [1.29, 1.82) is 0 Å². The van der Waals surface area contributed by atoms with E-state index < -0.39 is 0 Å². The van der Waals surface area contributed by atoms with Gasteiger partial charge in [-0.15, -0.1) is 0 Å². The highest BCUT2D eigenvalue weighted by molar-refractivity contribution is 6.10. The molecular weight excluding hydrogens is 430 g/mol. The number of guanidine groups is 1. The summed E-state index contributed by atoms with van der Waals surface area (Å²) in [6.45, 7) is 4.61. The summed E-state index contributed by atoms with van der Waals surface area (Å²) >= 11 is 0. The summed E-state index contributed by atoms with van der Waals surface area (Å²) in [7, 11) is 1.60. The van der Waals surface area contributed by atoms with Crippen molar-refractivity contribution in [2.24, 2.45) is 4.99 Å². The van der Waals surface area contributed by atoms with Crippen LogP contribution in [0.4, 0.5) is 5.69 Å². The summed E-state index contributed by atoms with van der Waals surface area (Å²) in [5.41, 5.74) is 3.41. The van der Waals surface area contributed by atoms with Crippen molar-refractivity contribution in [3.05, 3.63) is 89.7 Å². The van der Waals surface area contributed by atoms with Crippen molar-refractivity contribution in [1.82, 2.24) is 15.2 Å². The number of nitrogens with one attached hydrogen (secondary N) is 2. The molecule has 1 saturated heterocycles. The zero-order valence-electron chi connectivity index (χ0n) is 19.2. The molecule has 0 aliphatic carbocycles. The molecule has 2 N–H and O–H groups in total. The maximum atomic E-state index is 13.0. The van der Waals surface area contributed by atoms with Gasteiger partial charge in [-0.2, -0.15) is 0 Å². The highest BCUT2D eigenvalue weighted by Gasteiger charge is 2.13. The van der Waals surface area contributed by atoms with Crippen molar-refractivity contribution in [3.63, 3.8) is 0 Å². The lowest BCUT2D eigenvalue weighted by Gasteiger charge is -2.26. The molecule has 34 heavy (non-hydrogen) atoms. The van der Waals surface area contributed by atoms with E-state index in [0.717, 1.165) is 44.0 Å². The number of carbonyl (C=O) groups is 1. The topological polar surface area (TPSA) is 88.1 Å². The predicted molar refractivity (Wildman–Crippen MR) is 132 cm³/mol. The SMILES string of the molecule is COc1ccccc1NC(=NCc1ccncc1)NC(=O)c1ccc(CN2CCOCC2)cc1. The Hall–Kier alpha value is -3.75. The molecule has 0 saturated carbocycles. The molecule has 1 fully saturated rings. The number of carbonyl (C=O) groups excluding carboxylic acids is 1. The third kappa shape index (κ3) is 6.63. The number of hydrogen-bond donors (Lipinski definition) is 2. The number of nitrogens with zero attached hydrogens (tertiary/aromatic N) is 3. The molecule has 1 aliphatic rings. The van der Waals surface area contributed by atoms with Gasteiger partial charge in [0.25, 0.3) is 5.91 Å². The lowest BCUT2D eigenvalue weighted by Crippen LogP contribution is -2.36. The van der Waals surface area contributed by atoms with Gasteiger partial charge >= 0.3 is 0 Å². The van der Waals surface area contributed by atoms with E-state index in [9.17, 15) is 4.79 Å². The van der Waals surface area contributed by atoms with Gasteiger partial charge in [-0.1, -0.05) is 24.3 Å². The van der Waals surface area contributed by atoms with Crippen LogP contribution in [0.5, 0.6) is 5.75 Å². The number of pyridine rings is 1. The summed E-state index contributed by atoms with van der Waals surface area (Å²) < 4.78 is 10.8. The maximum Gasteiger partial charge on any atom is 0.257 e. The molecule has 3 aromatic rings. The summed E-state index contributed by atoms with van der Waals surface area (Å²) in [6.07, 6.45) is 3.43. The van der Waals surface area contributed by atoms with Crippen LogP contribution in [0.1, 0.15) is 21.5 Å². The molecule has 2 heterocycles. The fourth-order valence-electron chi connectivity index (χ4n) is 3.60. The molecule has 2 aromatic carbocycles. The molecule has 176 valence electrons. The number of aromatic nitrogens is 1. The second-order valence-corrected chi connectivity index (χ2v) is 7.89. The minimum Gasteiger partial charge on any atom is -0.495 e. The average molecular weight is 460 g/mol. The molecular formula is C26H29N5O3. The molecule has 0 unspecified atom stereocenters. The minimum atomic E-state index is -0.242. The number of anilines is 1. The van der Waals surface area contributed by atoms with E-state index in [1.165, 1.54) is 0 Å². The predicted octanol–water partition coefficient (Wildman–Crippen LogP) is 3.32. The van der Waals surface area contributed by atoms with Crippen molar-refractivity contribution in [2.75, 3.05) is 38.7 Å². The molecule has 1 amide bonds. The Morgan fingerprint density at radius 1 is 1.03 bits per heavy atom. The number of morpholine rings is 1. The molecule has 8 nitrogen and oxygen atoms in total. The number of para-hydroxylation sites is 2. The third-order valence-corrected chi connectivity index (χ3v) is 5.49. The van der Waals surface area contributed by atoms with E-state index in [4.69, 9.17) is 9.47 Å². The lowest BCUT2D eigenvalue weighted by molar-refractivity contribution is 0.0342. The highest BCUT2D eigenvalue weighted by Crippen LogP contribution is 2.23. The number of ether oxygens (including phenoxy) is 2. The monoisotopic (exact) mass is 459 g/mol. The Kier molecular flexibility index (Phi) is 8.21. The summed E-state index contributed by atoms with van der Waals surface area (Å²) in [6, 6.07) is 18.9. The fraction of sp³-hybridized carbons (Fsp3) is 0.269. The molecule has 0 spiro atoms.